The molecule has 0 spiro atoms. The normalized spacial score (nSPS) is 10.5. The molecule has 0 aliphatic carbocycles. The van der Waals surface area contributed by atoms with Crippen molar-refractivity contribution in [1.82, 2.24) is 20.2 Å². The van der Waals surface area contributed by atoms with E-state index in [-0.39, 0.29) is 6.54 Å². The molecule has 9 heteroatoms. The van der Waals surface area contributed by atoms with Crippen molar-refractivity contribution in [1.29, 1.82) is 0 Å². The number of aryl methyl sites for hydroxylation is 2. The average molecular weight is 400 g/mol. The second kappa shape index (κ2) is 8.62. The lowest BCUT2D eigenvalue weighted by Crippen LogP contribution is -2.24. The zero-order valence-electron chi connectivity index (χ0n) is 15.3. The van der Waals surface area contributed by atoms with Crippen LogP contribution in [-0.4, -0.2) is 38.7 Å². The molecule has 0 saturated heterocycles. The van der Waals surface area contributed by atoms with Crippen molar-refractivity contribution < 1.29 is 14.3 Å². The molecule has 0 bridgehead atoms. The number of esters is 1. The largest absolute Gasteiger partial charge is 0.454 e. The van der Waals surface area contributed by atoms with Crippen molar-refractivity contribution in [2.24, 2.45) is 0 Å². The minimum absolute atomic E-state index is 0.253. The number of aromatic nitrogens is 4. The lowest BCUT2D eigenvalue weighted by molar-refractivity contribution is -0.148. The highest BCUT2D eigenvalue weighted by Gasteiger charge is 2.13. The maximum absolute atomic E-state index is 12.0. The van der Waals surface area contributed by atoms with Crippen LogP contribution in [0.5, 0.6) is 0 Å². The van der Waals surface area contributed by atoms with E-state index in [0.717, 1.165) is 21.5 Å². The number of benzene rings is 2. The van der Waals surface area contributed by atoms with E-state index in [1.807, 2.05) is 32.0 Å². The van der Waals surface area contributed by atoms with Crippen LogP contribution in [0, 0.1) is 13.8 Å². The van der Waals surface area contributed by atoms with Crippen LogP contribution < -0.4 is 5.32 Å². The van der Waals surface area contributed by atoms with Gasteiger partial charge in [0.1, 0.15) is 0 Å². The van der Waals surface area contributed by atoms with Crippen LogP contribution in [0.15, 0.2) is 42.5 Å². The van der Waals surface area contributed by atoms with Crippen LogP contribution in [0.4, 0.5) is 5.69 Å². The molecule has 3 rings (SSSR count). The van der Waals surface area contributed by atoms with E-state index in [0.29, 0.717) is 16.5 Å². The zero-order valence-corrected chi connectivity index (χ0v) is 16.1. The van der Waals surface area contributed by atoms with E-state index >= 15 is 0 Å². The molecule has 28 heavy (non-hydrogen) atoms. The summed E-state index contributed by atoms with van der Waals surface area (Å²) in [6.45, 7) is 3.16. The molecular weight excluding hydrogens is 382 g/mol. The molecule has 0 aliphatic heterocycles. The van der Waals surface area contributed by atoms with Crippen LogP contribution in [0.3, 0.4) is 0 Å². The van der Waals surface area contributed by atoms with E-state index in [1.165, 1.54) is 0 Å². The Hall–Kier alpha value is -3.26. The summed E-state index contributed by atoms with van der Waals surface area (Å²) in [6.07, 6.45) is 0. The maximum Gasteiger partial charge on any atom is 0.330 e. The van der Waals surface area contributed by atoms with Gasteiger partial charge in [-0.2, -0.15) is 4.80 Å². The third-order valence-electron chi connectivity index (χ3n) is 3.86. The third-order valence-corrected chi connectivity index (χ3v) is 4.11. The molecule has 1 N–H and O–H groups in total. The van der Waals surface area contributed by atoms with Crippen molar-refractivity contribution in [2.45, 2.75) is 20.4 Å². The molecule has 1 aromatic heterocycles. The molecule has 0 saturated carbocycles. The Balaban J connectivity index is 1.51. The highest BCUT2D eigenvalue weighted by molar-refractivity contribution is 6.30. The molecule has 144 valence electrons. The number of anilines is 1. The second-order valence-electron chi connectivity index (χ2n) is 6.18. The van der Waals surface area contributed by atoms with Crippen molar-refractivity contribution in [3.8, 4) is 11.4 Å². The highest BCUT2D eigenvalue weighted by atomic mass is 35.5. The van der Waals surface area contributed by atoms with Gasteiger partial charge in [-0.3, -0.25) is 4.79 Å². The highest BCUT2D eigenvalue weighted by Crippen LogP contribution is 2.17. The maximum atomic E-state index is 12.0. The van der Waals surface area contributed by atoms with Crippen LogP contribution in [0.2, 0.25) is 5.02 Å². The first kappa shape index (κ1) is 19.5. The molecule has 0 fully saturated rings. The molecule has 0 radical (unpaired) electrons. The summed E-state index contributed by atoms with van der Waals surface area (Å²) >= 11 is 5.85. The number of hydrogen-bond acceptors (Lipinski definition) is 6. The van der Waals surface area contributed by atoms with E-state index < -0.39 is 18.5 Å². The molecule has 8 nitrogen and oxygen atoms in total. The average Bonchev–Trinajstić information content (AvgIpc) is 3.12. The summed E-state index contributed by atoms with van der Waals surface area (Å²) in [7, 11) is 0. The Labute approximate surface area is 166 Å². The molecule has 3 aromatic rings. The van der Waals surface area contributed by atoms with Gasteiger partial charge in [0, 0.05) is 16.3 Å². The number of carbonyl (C=O) groups is 2. The lowest BCUT2D eigenvalue weighted by Gasteiger charge is -2.09. The first-order chi connectivity index (χ1) is 13.4. The number of hydrogen-bond donors (Lipinski definition) is 1. The Kier molecular flexibility index (Phi) is 6.00. The van der Waals surface area contributed by atoms with Gasteiger partial charge in [0.05, 0.1) is 0 Å². The number of halogens is 1. The molecular formula is C19H18ClN5O3. The fourth-order valence-electron chi connectivity index (χ4n) is 2.39. The van der Waals surface area contributed by atoms with Gasteiger partial charge >= 0.3 is 5.97 Å². The van der Waals surface area contributed by atoms with Crippen LogP contribution in [0.25, 0.3) is 11.4 Å². The molecule has 0 atom stereocenters. The third kappa shape index (κ3) is 5.14. The fourth-order valence-corrected chi connectivity index (χ4v) is 2.51. The summed E-state index contributed by atoms with van der Waals surface area (Å²) in [5.41, 5.74) is 3.35. The molecule has 0 aliphatic rings. The predicted molar refractivity (Wildman–Crippen MR) is 104 cm³/mol. The smallest absolute Gasteiger partial charge is 0.330 e. The SMILES string of the molecule is Cc1ccc(C)c(NC(=O)COC(=O)Cn2nnc(-c3ccc(Cl)cc3)n2)c1. The summed E-state index contributed by atoms with van der Waals surface area (Å²) in [5, 5.41) is 15.1. The quantitative estimate of drug-likeness (QED) is 0.640. The molecule has 1 amide bonds. The molecule has 0 unspecified atom stereocenters. The monoisotopic (exact) mass is 399 g/mol. The Morgan fingerprint density at radius 3 is 2.64 bits per heavy atom. The van der Waals surface area contributed by atoms with Gasteiger partial charge in [0.2, 0.25) is 5.82 Å². The number of amides is 1. The Morgan fingerprint density at radius 1 is 1.14 bits per heavy atom. The van der Waals surface area contributed by atoms with E-state index in [2.05, 4.69) is 20.7 Å². The van der Waals surface area contributed by atoms with Gasteiger partial charge in [0.25, 0.3) is 5.91 Å². The summed E-state index contributed by atoms with van der Waals surface area (Å²) in [4.78, 5) is 25.0. The predicted octanol–water partition coefficient (Wildman–Crippen LogP) is 2.79. The van der Waals surface area contributed by atoms with Gasteiger partial charge in [-0.05, 0) is 60.5 Å². The standard InChI is InChI=1S/C19H18ClN5O3/c1-12-3-4-13(2)16(9-12)21-17(26)11-28-18(27)10-25-23-19(22-24-25)14-5-7-15(20)8-6-14/h3-9H,10-11H2,1-2H3,(H,21,26). The van der Waals surface area contributed by atoms with Gasteiger partial charge < -0.3 is 10.1 Å². The first-order valence-corrected chi connectivity index (χ1v) is 8.85. The number of rotatable bonds is 6. The number of nitrogens with one attached hydrogen (secondary N) is 1. The van der Waals surface area contributed by atoms with Crippen molar-refractivity contribution in [2.75, 3.05) is 11.9 Å². The summed E-state index contributed by atoms with van der Waals surface area (Å²) in [5.74, 6) is -0.705. The zero-order chi connectivity index (χ0) is 20.1. The van der Waals surface area contributed by atoms with Crippen molar-refractivity contribution in [3.63, 3.8) is 0 Å². The number of ether oxygens (including phenoxy) is 1. The van der Waals surface area contributed by atoms with E-state index in [4.69, 9.17) is 16.3 Å². The minimum Gasteiger partial charge on any atom is -0.454 e. The van der Waals surface area contributed by atoms with Crippen LogP contribution in [0.1, 0.15) is 11.1 Å². The second-order valence-corrected chi connectivity index (χ2v) is 6.61. The number of tetrazole rings is 1. The topological polar surface area (TPSA) is 99.0 Å². The van der Waals surface area contributed by atoms with Crippen molar-refractivity contribution in [3.05, 3.63) is 58.6 Å². The Bertz CT molecular complexity index is 1000. The Morgan fingerprint density at radius 2 is 1.89 bits per heavy atom. The first-order valence-electron chi connectivity index (χ1n) is 8.47. The minimum atomic E-state index is -0.642. The van der Waals surface area contributed by atoms with E-state index in [9.17, 15) is 9.59 Å². The van der Waals surface area contributed by atoms with Gasteiger partial charge in [-0.25, -0.2) is 4.79 Å². The van der Waals surface area contributed by atoms with Gasteiger partial charge in [0.15, 0.2) is 13.2 Å². The summed E-state index contributed by atoms with van der Waals surface area (Å²) in [6, 6.07) is 12.6. The lowest BCUT2D eigenvalue weighted by atomic mass is 10.1. The summed E-state index contributed by atoms with van der Waals surface area (Å²) < 4.78 is 4.98. The fraction of sp³-hybridized carbons (Fsp3) is 0.211. The number of nitrogens with zero attached hydrogens (tertiary/aromatic N) is 4. The van der Waals surface area contributed by atoms with Crippen LogP contribution in [-0.2, 0) is 20.9 Å². The molecule has 2 aromatic carbocycles. The number of carbonyl (C=O) groups excluding carboxylic acids is 2. The van der Waals surface area contributed by atoms with Gasteiger partial charge in [-0.15, -0.1) is 10.2 Å². The van der Waals surface area contributed by atoms with Gasteiger partial charge in [-0.1, -0.05) is 23.7 Å². The van der Waals surface area contributed by atoms with E-state index in [1.54, 1.807) is 24.3 Å². The van der Waals surface area contributed by atoms with Crippen molar-refractivity contribution >= 4 is 29.2 Å². The van der Waals surface area contributed by atoms with Crippen LogP contribution >= 0.6 is 11.6 Å². The molecule has 1 heterocycles.